The van der Waals surface area contributed by atoms with Crippen LogP contribution in [0.5, 0.6) is 0 Å². The highest BCUT2D eigenvalue weighted by Gasteiger charge is 2.38. The van der Waals surface area contributed by atoms with Crippen LogP contribution in [0.2, 0.25) is 0 Å². The van der Waals surface area contributed by atoms with Crippen molar-refractivity contribution in [1.82, 2.24) is 10.2 Å². The van der Waals surface area contributed by atoms with Crippen molar-refractivity contribution in [3.63, 3.8) is 0 Å². The predicted molar refractivity (Wildman–Crippen MR) is 71.6 cm³/mol. The van der Waals surface area contributed by atoms with Crippen LogP contribution in [0.15, 0.2) is 18.2 Å². The molecule has 4 nitrogen and oxygen atoms in total. The molecule has 1 amide bonds. The van der Waals surface area contributed by atoms with Crippen molar-refractivity contribution < 1.29 is 13.6 Å². The van der Waals surface area contributed by atoms with Gasteiger partial charge in [-0.2, -0.15) is 0 Å². The molecule has 2 fully saturated rings. The molecule has 1 N–H and O–H groups in total. The Hall–Kier alpha value is -1.53. The van der Waals surface area contributed by atoms with Gasteiger partial charge in [0.15, 0.2) is 0 Å². The van der Waals surface area contributed by atoms with E-state index in [0.717, 1.165) is 26.2 Å². The smallest absolute Gasteiger partial charge is 0.244 e. The second-order valence-electron chi connectivity index (χ2n) is 5.15. The highest BCUT2D eigenvalue weighted by molar-refractivity contribution is 5.99. The van der Waals surface area contributed by atoms with E-state index in [0.29, 0.717) is 13.0 Å². The number of amides is 1. The highest BCUT2D eigenvalue weighted by Crippen LogP contribution is 2.29. The first-order valence-electron chi connectivity index (χ1n) is 6.88. The molecule has 1 aromatic carbocycles. The van der Waals surface area contributed by atoms with E-state index < -0.39 is 11.6 Å². The van der Waals surface area contributed by atoms with Crippen molar-refractivity contribution >= 4 is 11.6 Å². The zero-order valence-electron chi connectivity index (χ0n) is 11.1. The second kappa shape index (κ2) is 5.46. The van der Waals surface area contributed by atoms with Crippen molar-refractivity contribution in [2.45, 2.75) is 12.5 Å². The number of carbonyl (C=O) groups excluding carboxylic acids is 1. The van der Waals surface area contributed by atoms with Crippen molar-refractivity contribution in [3.05, 3.63) is 29.8 Å². The quantitative estimate of drug-likeness (QED) is 0.877. The minimum Gasteiger partial charge on any atom is -0.314 e. The molecule has 0 spiro atoms. The van der Waals surface area contributed by atoms with E-state index in [1.54, 1.807) is 0 Å². The third-order valence-corrected chi connectivity index (χ3v) is 3.98. The first kappa shape index (κ1) is 13.5. The summed E-state index contributed by atoms with van der Waals surface area (Å²) in [4.78, 5) is 15.8. The molecule has 1 aromatic rings. The van der Waals surface area contributed by atoms with Crippen LogP contribution >= 0.6 is 0 Å². The predicted octanol–water partition coefficient (Wildman–Crippen LogP) is 0.975. The largest absolute Gasteiger partial charge is 0.314 e. The number of benzene rings is 1. The summed E-state index contributed by atoms with van der Waals surface area (Å²) < 4.78 is 27.6. The Balaban J connectivity index is 1.81. The molecule has 0 radical (unpaired) electrons. The molecule has 3 rings (SSSR count). The van der Waals surface area contributed by atoms with E-state index in [2.05, 4.69) is 10.2 Å². The molecule has 1 unspecified atom stereocenters. The maximum absolute atomic E-state index is 13.8. The fraction of sp³-hybridized carbons (Fsp3) is 0.500. The normalized spacial score (nSPS) is 24.4. The van der Waals surface area contributed by atoms with Gasteiger partial charge in [0.2, 0.25) is 5.91 Å². The van der Waals surface area contributed by atoms with E-state index in [1.165, 1.54) is 23.1 Å². The number of rotatable bonds is 2. The van der Waals surface area contributed by atoms with Gasteiger partial charge in [-0.15, -0.1) is 0 Å². The third kappa shape index (κ3) is 2.29. The summed E-state index contributed by atoms with van der Waals surface area (Å²) in [5.74, 6) is -1.56. The summed E-state index contributed by atoms with van der Waals surface area (Å²) in [5.41, 5.74) is -0.213. The molecular formula is C14H17F2N3O. The number of nitrogens with one attached hydrogen (secondary N) is 1. The van der Waals surface area contributed by atoms with Crippen molar-refractivity contribution in [3.8, 4) is 0 Å². The Kier molecular flexibility index (Phi) is 3.67. The van der Waals surface area contributed by atoms with Crippen molar-refractivity contribution in [1.29, 1.82) is 0 Å². The molecule has 0 aliphatic carbocycles. The lowest BCUT2D eigenvalue weighted by Gasteiger charge is -2.31. The van der Waals surface area contributed by atoms with Crippen LogP contribution in [-0.2, 0) is 4.79 Å². The number of hydrogen-bond acceptors (Lipinski definition) is 3. The standard InChI is InChI=1S/C14H17F2N3O/c15-10-2-1-3-11(16)13(10)19-7-4-12(14(19)20)18-8-5-17-6-9-18/h1-3,12,17H,4-9H2. The molecule has 0 bridgehead atoms. The van der Waals surface area contributed by atoms with Gasteiger partial charge in [-0.3, -0.25) is 9.69 Å². The van der Waals surface area contributed by atoms with Gasteiger partial charge in [0.1, 0.15) is 17.3 Å². The molecule has 2 aliphatic rings. The zero-order chi connectivity index (χ0) is 14.1. The Labute approximate surface area is 116 Å². The Bertz CT molecular complexity index is 497. The average molecular weight is 281 g/mol. The Morgan fingerprint density at radius 1 is 1.10 bits per heavy atom. The van der Waals surface area contributed by atoms with Gasteiger partial charge < -0.3 is 10.2 Å². The molecule has 2 aliphatic heterocycles. The summed E-state index contributed by atoms with van der Waals surface area (Å²) in [6, 6.07) is 3.42. The molecule has 2 heterocycles. The van der Waals surface area contributed by atoms with Gasteiger partial charge in [-0.1, -0.05) is 6.07 Å². The Morgan fingerprint density at radius 3 is 2.40 bits per heavy atom. The second-order valence-corrected chi connectivity index (χ2v) is 5.15. The summed E-state index contributed by atoms with van der Waals surface area (Å²) in [6.07, 6.45) is 0.618. The van der Waals surface area contributed by atoms with E-state index in [9.17, 15) is 13.6 Å². The van der Waals surface area contributed by atoms with Crippen LogP contribution in [0.1, 0.15) is 6.42 Å². The monoisotopic (exact) mass is 281 g/mol. The van der Waals surface area contributed by atoms with E-state index in [4.69, 9.17) is 0 Å². The lowest BCUT2D eigenvalue weighted by Crippen LogP contribution is -2.51. The average Bonchev–Trinajstić information content (AvgIpc) is 2.82. The fourth-order valence-electron chi connectivity index (χ4n) is 2.97. The number of carbonyl (C=O) groups is 1. The molecule has 0 aromatic heterocycles. The molecule has 108 valence electrons. The Morgan fingerprint density at radius 2 is 1.75 bits per heavy atom. The number of piperazine rings is 1. The summed E-state index contributed by atoms with van der Waals surface area (Å²) in [5, 5.41) is 3.23. The number of anilines is 1. The first-order valence-corrected chi connectivity index (χ1v) is 6.88. The van der Waals surface area contributed by atoms with E-state index in [-0.39, 0.29) is 17.6 Å². The third-order valence-electron chi connectivity index (χ3n) is 3.98. The van der Waals surface area contributed by atoms with Crippen LogP contribution < -0.4 is 10.2 Å². The molecule has 20 heavy (non-hydrogen) atoms. The van der Waals surface area contributed by atoms with E-state index >= 15 is 0 Å². The summed E-state index contributed by atoms with van der Waals surface area (Å²) in [7, 11) is 0. The van der Waals surface area contributed by atoms with E-state index in [1.807, 2.05) is 0 Å². The molecule has 1 atom stereocenters. The van der Waals surface area contributed by atoms with Crippen LogP contribution in [0.25, 0.3) is 0 Å². The van der Waals surface area contributed by atoms with Crippen LogP contribution in [0, 0.1) is 11.6 Å². The van der Waals surface area contributed by atoms with Gasteiger partial charge >= 0.3 is 0 Å². The molecular weight excluding hydrogens is 264 g/mol. The topological polar surface area (TPSA) is 35.6 Å². The number of halogens is 2. The number of hydrogen-bond donors (Lipinski definition) is 1. The maximum Gasteiger partial charge on any atom is 0.244 e. The lowest BCUT2D eigenvalue weighted by molar-refractivity contribution is -0.121. The number of para-hydroxylation sites is 1. The SMILES string of the molecule is O=C1C(N2CCNCC2)CCN1c1c(F)cccc1F. The van der Waals surface area contributed by atoms with Crippen LogP contribution in [0.4, 0.5) is 14.5 Å². The van der Waals surface area contributed by atoms with Gasteiger partial charge in [0, 0.05) is 32.7 Å². The highest BCUT2D eigenvalue weighted by atomic mass is 19.1. The first-order chi connectivity index (χ1) is 9.68. The summed E-state index contributed by atoms with van der Waals surface area (Å²) in [6.45, 7) is 3.65. The van der Waals surface area contributed by atoms with Gasteiger partial charge in [-0.25, -0.2) is 8.78 Å². The minimum absolute atomic E-state index is 0.198. The lowest BCUT2D eigenvalue weighted by atomic mass is 10.2. The van der Waals surface area contributed by atoms with Crippen LogP contribution in [-0.4, -0.2) is 49.6 Å². The molecule has 2 saturated heterocycles. The number of nitrogens with zero attached hydrogens (tertiary/aromatic N) is 2. The van der Waals surface area contributed by atoms with Gasteiger partial charge in [0.25, 0.3) is 0 Å². The summed E-state index contributed by atoms with van der Waals surface area (Å²) >= 11 is 0. The van der Waals surface area contributed by atoms with Crippen molar-refractivity contribution in [2.75, 3.05) is 37.6 Å². The van der Waals surface area contributed by atoms with Crippen LogP contribution in [0.3, 0.4) is 0 Å². The fourth-order valence-corrected chi connectivity index (χ4v) is 2.97. The minimum atomic E-state index is -0.681. The zero-order valence-corrected chi connectivity index (χ0v) is 11.1. The van der Waals surface area contributed by atoms with Crippen molar-refractivity contribution in [2.24, 2.45) is 0 Å². The molecule has 0 saturated carbocycles. The van der Waals surface area contributed by atoms with Gasteiger partial charge in [0.05, 0.1) is 6.04 Å². The maximum atomic E-state index is 13.8. The molecule has 6 heteroatoms. The van der Waals surface area contributed by atoms with Gasteiger partial charge in [-0.05, 0) is 18.6 Å².